The molecule has 0 aromatic carbocycles. The normalized spacial score (nSPS) is 12.5. The maximum Gasteiger partial charge on any atom is 0.178 e. The van der Waals surface area contributed by atoms with Crippen LogP contribution in [-0.2, 0) is 0 Å². The van der Waals surface area contributed by atoms with E-state index < -0.39 is 0 Å². The third-order valence-corrected chi connectivity index (χ3v) is 2.41. The maximum atomic E-state index is 5.86. The Morgan fingerprint density at radius 1 is 1.59 bits per heavy atom. The van der Waals surface area contributed by atoms with E-state index in [2.05, 4.69) is 26.5 Å². The SMILES string of the molecule is C=CN=C/C(=C\C)c1nc2ncc(Cl)cc2[nH]1. The summed E-state index contributed by atoms with van der Waals surface area (Å²) in [5, 5.41) is 0.578. The van der Waals surface area contributed by atoms with Crippen molar-refractivity contribution >= 4 is 34.6 Å². The summed E-state index contributed by atoms with van der Waals surface area (Å²) in [7, 11) is 0. The van der Waals surface area contributed by atoms with Gasteiger partial charge in [0.05, 0.1) is 10.5 Å². The van der Waals surface area contributed by atoms with Gasteiger partial charge < -0.3 is 4.98 Å². The van der Waals surface area contributed by atoms with Gasteiger partial charge in [0, 0.05) is 24.2 Å². The highest BCUT2D eigenvalue weighted by Crippen LogP contribution is 2.17. The lowest BCUT2D eigenvalue weighted by atomic mass is 10.2. The Morgan fingerprint density at radius 2 is 2.41 bits per heavy atom. The van der Waals surface area contributed by atoms with Gasteiger partial charge in [-0.25, -0.2) is 9.97 Å². The second-order valence-corrected chi connectivity index (χ2v) is 3.75. The van der Waals surface area contributed by atoms with Crippen molar-refractivity contribution in [2.24, 2.45) is 4.99 Å². The van der Waals surface area contributed by atoms with Crippen molar-refractivity contribution in [1.29, 1.82) is 0 Å². The average Bonchev–Trinajstić information content (AvgIpc) is 2.72. The molecule has 2 rings (SSSR count). The topological polar surface area (TPSA) is 53.9 Å². The number of nitrogens with one attached hydrogen (secondary N) is 1. The number of halogens is 1. The zero-order valence-corrected chi connectivity index (χ0v) is 10.1. The van der Waals surface area contributed by atoms with E-state index in [0.717, 1.165) is 11.1 Å². The number of H-pyrrole nitrogens is 1. The molecule has 0 bridgehead atoms. The summed E-state index contributed by atoms with van der Waals surface area (Å²) in [6.07, 6.45) is 6.64. The molecule has 2 aromatic heterocycles. The number of fused-ring (bicyclic) bond motifs is 1. The van der Waals surface area contributed by atoms with Crippen LogP contribution >= 0.6 is 11.6 Å². The molecule has 0 atom stereocenters. The Hall–Kier alpha value is -1.94. The number of rotatable bonds is 3. The van der Waals surface area contributed by atoms with Crippen LogP contribution in [0.1, 0.15) is 12.7 Å². The molecule has 0 saturated carbocycles. The van der Waals surface area contributed by atoms with E-state index in [-0.39, 0.29) is 0 Å². The minimum absolute atomic E-state index is 0.578. The summed E-state index contributed by atoms with van der Waals surface area (Å²) in [4.78, 5) is 15.6. The van der Waals surface area contributed by atoms with Crippen molar-refractivity contribution in [2.45, 2.75) is 6.92 Å². The molecule has 0 aliphatic heterocycles. The monoisotopic (exact) mass is 246 g/mol. The fourth-order valence-corrected chi connectivity index (χ4v) is 1.57. The molecule has 0 fully saturated rings. The molecule has 0 radical (unpaired) electrons. The van der Waals surface area contributed by atoms with Crippen LogP contribution in [0.2, 0.25) is 5.02 Å². The molecular weight excluding hydrogens is 236 g/mol. The van der Waals surface area contributed by atoms with Gasteiger partial charge in [-0.1, -0.05) is 24.3 Å². The lowest BCUT2D eigenvalue weighted by Gasteiger charge is -1.93. The molecule has 0 amide bonds. The van der Waals surface area contributed by atoms with E-state index >= 15 is 0 Å². The van der Waals surface area contributed by atoms with E-state index in [1.54, 1.807) is 18.5 Å². The van der Waals surface area contributed by atoms with Crippen LogP contribution in [-0.4, -0.2) is 21.2 Å². The first kappa shape index (κ1) is 11.5. The van der Waals surface area contributed by atoms with Crippen molar-refractivity contribution in [2.75, 3.05) is 0 Å². The molecule has 2 aromatic rings. The predicted molar refractivity (Wildman–Crippen MR) is 71.2 cm³/mol. The van der Waals surface area contributed by atoms with Crippen molar-refractivity contribution in [1.82, 2.24) is 15.0 Å². The van der Waals surface area contributed by atoms with Gasteiger partial charge in [0.15, 0.2) is 5.65 Å². The van der Waals surface area contributed by atoms with Gasteiger partial charge in [-0.15, -0.1) is 0 Å². The van der Waals surface area contributed by atoms with Gasteiger partial charge in [-0.2, -0.15) is 0 Å². The first-order valence-electron chi connectivity index (χ1n) is 5.06. The molecule has 1 N–H and O–H groups in total. The van der Waals surface area contributed by atoms with E-state index in [1.807, 2.05) is 13.0 Å². The number of aromatic amines is 1. The summed E-state index contributed by atoms with van der Waals surface area (Å²) >= 11 is 5.86. The smallest absolute Gasteiger partial charge is 0.178 e. The molecule has 0 aliphatic carbocycles. The third kappa shape index (κ3) is 2.42. The van der Waals surface area contributed by atoms with Crippen LogP contribution < -0.4 is 0 Å². The molecule has 0 unspecified atom stereocenters. The van der Waals surface area contributed by atoms with Crippen LogP contribution in [0.4, 0.5) is 0 Å². The highest BCUT2D eigenvalue weighted by molar-refractivity contribution is 6.31. The highest BCUT2D eigenvalue weighted by atomic mass is 35.5. The first-order chi connectivity index (χ1) is 8.24. The number of allylic oxidation sites excluding steroid dienone is 2. The van der Waals surface area contributed by atoms with Gasteiger partial charge >= 0.3 is 0 Å². The summed E-state index contributed by atoms with van der Waals surface area (Å²) in [5.41, 5.74) is 2.31. The van der Waals surface area contributed by atoms with Gasteiger partial charge in [0.1, 0.15) is 5.82 Å². The summed E-state index contributed by atoms with van der Waals surface area (Å²) in [6.45, 7) is 5.44. The second kappa shape index (κ2) is 4.93. The van der Waals surface area contributed by atoms with Crippen LogP contribution in [0.3, 0.4) is 0 Å². The molecule has 86 valence electrons. The number of hydrogen-bond donors (Lipinski definition) is 1. The highest BCUT2D eigenvalue weighted by Gasteiger charge is 2.06. The third-order valence-electron chi connectivity index (χ3n) is 2.21. The largest absolute Gasteiger partial charge is 0.336 e. The maximum absolute atomic E-state index is 5.86. The van der Waals surface area contributed by atoms with Crippen molar-refractivity contribution in [3.05, 3.63) is 42.0 Å². The average molecular weight is 247 g/mol. The second-order valence-electron chi connectivity index (χ2n) is 3.31. The lowest BCUT2D eigenvalue weighted by molar-refractivity contribution is 1.25. The Bertz CT molecular complexity index is 610. The predicted octanol–water partition coefficient (Wildman–Crippen LogP) is 3.23. The number of aromatic nitrogens is 3. The minimum Gasteiger partial charge on any atom is -0.336 e. The number of imidazole rings is 1. The van der Waals surface area contributed by atoms with Crippen molar-refractivity contribution in [3.8, 4) is 0 Å². The zero-order valence-electron chi connectivity index (χ0n) is 9.31. The van der Waals surface area contributed by atoms with Gasteiger partial charge in [-0.05, 0) is 13.0 Å². The van der Waals surface area contributed by atoms with Crippen molar-refractivity contribution < 1.29 is 0 Å². The van der Waals surface area contributed by atoms with Crippen LogP contribution in [0.25, 0.3) is 16.7 Å². The molecule has 17 heavy (non-hydrogen) atoms. The van der Waals surface area contributed by atoms with Crippen molar-refractivity contribution in [3.63, 3.8) is 0 Å². The molecular formula is C12H11ClN4. The number of pyridine rings is 1. The fraction of sp³-hybridized carbons (Fsp3) is 0.0833. The van der Waals surface area contributed by atoms with Crippen LogP contribution in [0.15, 0.2) is 36.1 Å². The van der Waals surface area contributed by atoms with E-state index in [1.165, 1.54) is 6.20 Å². The van der Waals surface area contributed by atoms with E-state index in [4.69, 9.17) is 11.6 Å². The minimum atomic E-state index is 0.578. The Morgan fingerprint density at radius 3 is 3.12 bits per heavy atom. The summed E-state index contributed by atoms with van der Waals surface area (Å²) in [5.74, 6) is 0.711. The summed E-state index contributed by atoms with van der Waals surface area (Å²) < 4.78 is 0. The molecule has 0 spiro atoms. The van der Waals surface area contributed by atoms with Gasteiger partial charge in [-0.3, -0.25) is 4.99 Å². The quantitative estimate of drug-likeness (QED) is 0.846. The van der Waals surface area contributed by atoms with E-state index in [9.17, 15) is 0 Å². The Balaban J connectivity index is 2.48. The zero-order chi connectivity index (χ0) is 12.3. The van der Waals surface area contributed by atoms with E-state index in [0.29, 0.717) is 16.5 Å². The lowest BCUT2D eigenvalue weighted by Crippen LogP contribution is -1.87. The summed E-state index contributed by atoms with van der Waals surface area (Å²) in [6, 6.07) is 1.79. The molecule has 5 heteroatoms. The first-order valence-corrected chi connectivity index (χ1v) is 5.44. The van der Waals surface area contributed by atoms with Gasteiger partial charge in [0.25, 0.3) is 0 Å². The van der Waals surface area contributed by atoms with Crippen LogP contribution in [0, 0.1) is 0 Å². The van der Waals surface area contributed by atoms with Gasteiger partial charge in [0.2, 0.25) is 0 Å². The number of nitrogens with zero attached hydrogens (tertiary/aromatic N) is 3. The molecule has 0 saturated heterocycles. The van der Waals surface area contributed by atoms with Crippen LogP contribution in [0.5, 0.6) is 0 Å². The Labute approximate surface area is 104 Å². The molecule has 2 heterocycles. The Kier molecular flexibility index (Phi) is 3.35. The molecule has 0 aliphatic rings. The standard InChI is InChI=1S/C12H11ClN4/c1-3-8(6-14-4-2)11-16-10-5-9(13)7-15-12(10)17-11/h3-7H,2H2,1H3,(H,15,16,17)/b8-3+,14-6?. The number of aliphatic imine (C=N–C) groups is 1. The molecule has 4 nitrogen and oxygen atoms in total. The fourth-order valence-electron chi connectivity index (χ4n) is 1.42. The number of hydrogen-bond acceptors (Lipinski definition) is 3.